The van der Waals surface area contributed by atoms with Gasteiger partial charge in [-0.2, -0.15) is 0 Å². The summed E-state index contributed by atoms with van der Waals surface area (Å²) in [7, 11) is 13.2. The standard InChI is InChI=1S/C50H46N2O8/c1-53-35-17-31(18-36(25-35)54-2)51(32-19-37(55-3)26-38(20-32)56-4)49-29-47-44-14-10-12-16-46(44)50(30-48(47)43-13-9-11-15-45(43)49)52(33-21-39(57-5)27-40(22-33)58-6)34-23-41(59-7)28-42(24-34)60-8/h9-30H,1-8H3. The molecule has 10 nitrogen and oxygen atoms in total. The van der Waals surface area contributed by atoms with Gasteiger partial charge in [0.25, 0.3) is 0 Å². The van der Waals surface area contributed by atoms with E-state index in [1.807, 2.05) is 72.8 Å². The first-order valence-electron chi connectivity index (χ1n) is 19.2. The van der Waals surface area contributed by atoms with Gasteiger partial charge in [-0.15, -0.1) is 0 Å². The minimum Gasteiger partial charge on any atom is -0.497 e. The molecule has 8 rings (SSSR count). The topological polar surface area (TPSA) is 80.3 Å². The smallest absolute Gasteiger partial charge is 0.124 e. The Balaban J connectivity index is 1.49. The lowest BCUT2D eigenvalue weighted by Gasteiger charge is -2.30. The zero-order valence-electron chi connectivity index (χ0n) is 34.9. The summed E-state index contributed by atoms with van der Waals surface area (Å²) in [5, 5.41) is 6.18. The van der Waals surface area contributed by atoms with Crippen LogP contribution in [0.15, 0.2) is 133 Å². The second kappa shape index (κ2) is 16.8. The number of benzene rings is 8. The quantitative estimate of drug-likeness (QED) is 0.0991. The predicted molar refractivity (Wildman–Crippen MR) is 241 cm³/mol. The van der Waals surface area contributed by atoms with E-state index in [0.717, 1.165) is 66.4 Å². The van der Waals surface area contributed by atoms with E-state index < -0.39 is 0 Å². The number of hydrogen-bond acceptors (Lipinski definition) is 10. The molecule has 8 aromatic carbocycles. The first-order chi connectivity index (χ1) is 29.3. The van der Waals surface area contributed by atoms with Crippen molar-refractivity contribution in [1.82, 2.24) is 0 Å². The molecular weight excluding hydrogens is 757 g/mol. The van der Waals surface area contributed by atoms with Crippen molar-refractivity contribution in [3.8, 4) is 46.0 Å². The summed E-state index contributed by atoms with van der Waals surface area (Å²) in [6.45, 7) is 0. The summed E-state index contributed by atoms with van der Waals surface area (Å²) in [4.78, 5) is 4.38. The highest BCUT2D eigenvalue weighted by Crippen LogP contribution is 2.50. The molecule has 60 heavy (non-hydrogen) atoms. The van der Waals surface area contributed by atoms with E-state index in [2.05, 4.69) is 70.5 Å². The monoisotopic (exact) mass is 802 g/mol. The third kappa shape index (κ3) is 7.28. The average molecular weight is 803 g/mol. The van der Waals surface area contributed by atoms with Crippen LogP contribution in [0.3, 0.4) is 0 Å². The lowest BCUT2D eigenvalue weighted by molar-refractivity contribution is 0.393. The molecule has 0 fully saturated rings. The van der Waals surface area contributed by atoms with Crippen molar-refractivity contribution in [2.45, 2.75) is 0 Å². The van der Waals surface area contributed by atoms with Gasteiger partial charge in [-0.05, 0) is 33.7 Å². The minimum atomic E-state index is 0.646. The fourth-order valence-corrected chi connectivity index (χ4v) is 7.82. The highest BCUT2D eigenvalue weighted by Gasteiger charge is 2.25. The third-order valence-electron chi connectivity index (χ3n) is 10.7. The van der Waals surface area contributed by atoms with Gasteiger partial charge in [0.1, 0.15) is 46.0 Å². The number of methoxy groups -OCH3 is 8. The molecule has 0 N–H and O–H groups in total. The van der Waals surface area contributed by atoms with E-state index in [4.69, 9.17) is 37.9 Å². The van der Waals surface area contributed by atoms with Gasteiger partial charge in [0, 0.05) is 83.6 Å². The molecule has 0 atom stereocenters. The predicted octanol–water partition coefficient (Wildman–Crippen LogP) is 12.2. The number of ether oxygens (including phenoxy) is 8. The van der Waals surface area contributed by atoms with Crippen LogP contribution >= 0.6 is 0 Å². The summed E-state index contributed by atoms with van der Waals surface area (Å²) in [6, 6.07) is 44.9. The molecule has 0 aliphatic rings. The minimum absolute atomic E-state index is 0.646. The fourth-order valence-electron chi connectivity index (χ4n) is 7.82. The van der Waals surface area contributed by atoms with Crippen LogP contribution < -0.4 is 47.7 Å². The van der Waals surface area contributed by atoms with Crippen molar-refractivity contribution < 1.29 is 37.9 Å². The van der Waals surface area contributed by atoms with Crippen LogP contribution in [0.4, 0.5) is 34.1 Å². The van der Waals surface area contributed by atoms with E-state index in [1.165, 1.54) is 0 Å². The summed E-state index contributed by atoms with van der Waals surface area (Å²) >= 11 is 0. The largest absolute Gasteiger partial charge is 0.497 e. The highest BCUT2D eigenvalue weighted by molar-refractivity contribution is 6.24. The molecule has 0 aliphatic heterocycles. The molecule has 0 amide bonds. The molecule has 0 radical (unpaired) electrons. The van der Waals surface area contributed by atoms with Crippen molar-refractivity contribution in [2.75, 3.05) is 66.7 Å². The molecule has 10 heteroatoms. The maximum Gasteiger partial charge on any atom is 0.124 e. The molecule has 304 valence electrons. The van der Waals surface area contributed by atoms with Crippen molar-refractivity contribution in [2.24, 2.45) is 0 Å². The van der Waals surface area contributed by atoms with Crippen molar-refractivity contribution in [3.63, 3.8) is 0 Å². The van der Waals surface area contributed by atoms with Crippen LogP contribution in [0.5, 0.6) is 46.0 Å². The third-order valence-corrected chi connectivity index (χ3v) is 10.7. The number of hydrogen-bond donors (Lipinski definition) is 0. The summed E-state index contributed by atoms with van der Waals surface area (Å²) in [6.07, 6.45) is 0. The molecule has 0 saturated heterocycles. The summed E-state index contributed by atoms with van der Waals surface area (Å²) in [5.74, 6) is 5.17. The van der Waals surface area contributed by atoms with Gasteiger partial charge in [0.2, 0.25) is 0 Å². The summed E-state index contributed by atoms with van der Waals surface area (Å²) < 4.78 is 46.4. The van der Waals surface area contributed by atoms with Crippen molar-refractivity contribution in [1.29, 1.82) is 0 Å². The van der Waals surface area contributed by atoms with Crippen LogP contribution in [-0.2, 0) is 0 Å². The van der Waals surface area contributed by atoms with Gasteiger partial charge < -0.3 is 47.7 Å². The molecule has 0 aliphatic carbocycles. The fraction of sp³-hybridized carbons (Fsp3) is 0.160. The Morgan fingerprint density at radius 3 is 0.683 bits per heavy atom. The summed E-state index contributed by atoms with van der Waals surface area (Å²) in [5.41, 5.74) is 5.12. The zero-order valence-corrected chi connectivity index (χ0v) is 34.9. The Bertz CT molecular complexity index is 2460. The first kappa shape index (κ1) is 39.4. The molecule has 0 spiro atoms. The Morgan fingerprint density at radius 1 is 0.250 bits per heavy atom. The van der Waals surface area contributed by atoms with Gasteiger partial charge >= 0.3 is 0 Å². The van der Waals surface area contributed by atoms with E-state index in [0.29, 0.717) is 46.0 Å². The van der Waals surface area contributed by atoms with Crippen LogP contribution in [0, 0.1) is 0 Å². The maximum atomic E-state index is 5.80. The Kier molecular flexibility index (Phi) is 11.0. The molecule has 0 saturated carbocycles. The Morgan fingerprint density at radius 2 is 0.467 bits per heavy atom. The number of fused-ring (bicyclic) bond motifs is 5. The molecule has 8 aromatic rings. The normalized spacial score (nSPS) is 11.0. The highest BCUT2D eigenvalue weighted by atomic mass is 16.5. The molecule has 0 bridgehead atoms. The Labute approximate surface area is 349 Å². The van der Waals surface area contributed by atoms with Gasteiger partial charge in [-0.1, -0.05) is 48.5 Å². The van der Waals surface area contributed by atoms with E-state index in [-0.39, 0.29) is 0 Å². The first-order valence-corrected chi connectivity index (χ1v) is 19.2. The van der Waals surface area contributed by atoms with E-state index in [9.17, 15) is 0 Å². The number of anilines is 6. The second-order valence-electron chi connectivity index (χ2n) is 13.9. The molecule has 0 aromatic heterocycles. The van der Waals surface area contributed by atoms with Gasteiger partial charge in [0.15, 0.2) is 0 Å². The molecule has 0 unspecified atom stereocenters. The Hall–Kier alpha value is -7.46. The van der Waals surface area contributed by atoms with Crippen LogP contribution in [0.25, 0.3) is 32.3 Å². The molecular formula is C50H46N2O8. The van der Waals surface area contributed by atoms with Crippen LogP contribution in [-0.4, -0.2) is 56.9 Å². The molecule has 0 heterocycles. The second-order valence-corrected chi connectivity index (χ2v) is 13.9. The van der Waals surface area contributed by atoms with Gasteiger partial charge in [0.05, 0.1) is 91.0 Å². The van der Waals surface area contributed by atoms with E-state index in [1.54, 1.807) is 56.9 Å². The average Bonchev–Trinajstić information content (AvgIpc) is 3.31. The van der Waals surface area contributed by atoms with E-state index >= 15 is 0 Å². The lowest BCUT2D eigenvalue weighted by atomic mass is 9.93. The number of rotatable bonds is 14. The maximum absolute atomic E-state index is 5.80. The van der Waals surface area contributed by atoms with Crippen molar-refractivity contribution >= 4 is 66.4 Å². The van der Waals surface area contributed by atoms with Gasteiger partial charge in [-0.25, -0.2) is 0 Å². The lowest BCUT2D eigenvalue weighted by Crippen LogP contribution is -2.13. The SMILES string of the molecule is COc1cc(OC)cc(N(c2cc(OC)cc(OC)c2)c2cc3c4ccccc4c(N(c4cc(OC)cc(OC)c4)c4cc(OC)cc(OC)c4)cc3c3ccccc23)c1. The van der Waals surface area contributed by atoms with Crippen LogP contribution in [0.1, 0.15) is 0 Å². The van der Waals surface area contributed by atoms with Crippen LogP contribution in [0.2, 0.25) is 0 Å². The van der Waals surface area contributed by atoms with Crippen molar-refractivity contribution in [3.05, 3.63) is 133 Å². The number of nitrogens with zero attached hydrogens (tertiary/aromatic N) is 2. The van der Waals surface area contributed by atoms with Gasteiger partial charge in [-0.3, -0.25) is 0 Å². The zero-order chi connectivity index (χ0) is 41.9.